The molecular weight excluding hydrogens is 326 g/mol. The highest BCUT2D eigenvalue weighted by Crippen LogP contribution is 2.19. The van der Waals surface area contributed by atoms with E-state index in [4.69, 9.17) is 0 Å². The summed E-state index contributed by atoms with van der Waals surface area (Å²) < 4.78 is 27.8. The van der Waals surface area contributed by atoms with Gasteiger partial charge < -0.3 is 5.11 Å². The summed E-state index contributed by atoms with van der Waals surface area (Å²) in [5.41, 5.74) is 1.37. The van der Waals surface area contributed by atoms with Crippen LogP contribution in [0.15, 0.2) is 46.9 Å². The molecule has 1 nitrogen and oxygen atoms in total. The highest BCUT2D eigenvalue weighted by molar-refractivity contribution is 9.10. The highest BCUT2D eigenvalue weighted by atomic mass is 79.9. The maximum atomic E-state index is 13.6. The van der Waals surface area contributed by atoms with E-state index in [0.717, 1.165) is 16.1 Å². The van der Waals surface area contributed by atoms with E-state index >= 15 is 0 Å². The first kappa shape index (κ1) is 15.1. The molecule has 1 unspecified atom stereocenters. The van der Waals surface area contributed by atoms with Crippen LogP contribution in [-0.2, 0) is 12.8 Å². The Balaban J connectivity index is 2.09. The van der Waals surface area contributed by atoms with E-state index in [2.05, 4.69) is 15.9 Å². The molecule has 1 N–H and O–H groups in total. The van der Waals surface area contributed by atoms with Crippen LogP contribution in [0.5, 0.6) is 0 Å². The van der Waals surface area contributed by atoms with Gasteiger partial charge in [-0.3, -0.25) is 0 Å². The third-order valence-electron chi connectivity index (χ3n) is 3.24. The predicted octanol–water partition coefficient (Wildman–Crippen LogP) is 4.12. The van der Waals surface area contributed by atoms with Crippen molar-refractivity contribution in [2.75, 3.05) is 6.61 Å². The van der Waals surface area contributed by atoms with E-state index < -0.39 is 11.6 Å². The number of hydrogen-bond donors (Lipinski definition) is 1. The van der Waals surface area contributed by atoms with Gasteiger partial charge in [0.1, 0.15) is 0 Å². The quantitative estimate of drug-likeness (QED) is 0.867. The molecule has 0 aliphatic rings. The minimum Gasteiger partial charge on any atom is -0.396 e. The zero-order chi connectivity index (χ0) is 14.5. The van der Waals surface area contributed by atoms with E-state index in [-0.39, 0.29) is 12.5 Å². The number of hydrogen-bond acceptors (Lipinski definition) is 1. The second-order valence-corrected chi connectivity index (χ2v) is 5.71. The van der Waals surface area contributed by atoms with Gasteiger partial charge in [0.05, 0.1) is 0 Å². The average molecular weight is 341 g/mol. The normalized spacial score (nSPS) is 12.4. The molecule has 4 heteroatoms. The van der Waals surface area contributed by atoms with Crippen molar-refractivity contribution in [2.24, 2.45) is 5.92 Å². The molecule has 0 aliphatic heterocycles. The zero-order valence-corrected chi connectivity index (χ0v) is 12.4. The predicted molar refractivity (Wildman–Crippen MR) is 78.5 cm³/mol. The Morgan fingerprint density at radius 3 is 2.35 bits per heavy atom. The summed E-state index contributed by atoms with van der Waals surface area (Å²) in [4.78, 5) is 0. The molecule has 0 radical (unpaired) electrons. The average Bonchev–Trinajstić information content (AvgIpc) is 2.45. The van der Waals surface area contributed by atoms with E-state index in [1.54, 1.807) is 6.07 Å². The molecule has 2 aromatic rings. The lowest BCUT2D eigenvalue weighted by molar-refractivity contribution is 0.223. The largest absolute Gasteiger partial charge is 0.396 e. The minimum absolute atomic E-state index is 0.0635. The summed E-state index contributed by atoms with van der Waals surface area (Å²) in [5.74, 6) is -1.79. The van der Waals surface area contributed by atoms with Crippen molar-refractivity contribution in [1.82, 2.24) is 0 Å². The number of aliphatic hydroxyl groups is 1. The van der Waals surface area contributed by atoms with Crippen LogP contribution < -0.4 is 0 Å². The first-order chi connectivity index (χ1) is 9.60. The van der Waals surface area contributed by atoms with Gasteiger partial charge in [-0.2, -0.15) is 0 Å². The van der Waals surface area contributed by atoms with Gasteiger partial charge in [-0.25, -0.2) is 8.78 Å². The van der Waals surface area contributed by atoms with Gasteiger partial charge in [0, 0.05) is 11.1 Å². The number of halogens is 3. The Bertz CT molecular complexity index is 569. The van der Waals surface area contributed by atoms with Crippen molar-refractivity contribution >= 4 is 15.9 Å². The van der Waals surface area contributed by atoms with Crippen LogP contribution in [0.3, 0.4) is 0 Å². The molecule has 0 spiro atoms. The van der Waals surface area contributed by atoms with Crippen LogP contribution in [0.25, 0.3) is 0 Å². The van der Waals surface area contributed by atoms with Gasteiger partial charge >= 0.3 is 0 Å². The van der Waals surface area contributed by atoms with Gasteiger partial charge in [-0.05, 0) is 48.1 Å². The molecule has 1 atom stereocenters. The van der Waals surface area contributed by atoms with Gasteiger partial charge in [-0.1, -0.05) is 40.2 Å². The Morgan fingerprint density at radius 2 is 1.70 bits per heavy atom. The molecule has 0 fully saturated rings. The van der Waals surface area contributed by atoms with Crippen LogP contribution in [-0.4, -0.2) is 11.7 Å². The molecule has 0 aliphatic carbocycles. The lowest BCUT2D eigenvalue weighted by Gasteiger charge is -2.15. The fourth-order valence-corrected chi connectivity index (χ4v) is 2.44. The second-order valence-electron chi connectivity index (χ2n) is 4.80. The van der Waals surface area contributed by atoms with Gasteiger partial charge in [0.2, 0.25) is 0 Å². The van der Waals surface area contributed by atoms with Crippen LogP contribution in [0, 0.1) is 17.6 Å². The Hall–Kier alpha value is -1.26. The fourth-order valence-electron chi connectivity index (χ4n) is 2.17. The second kappa shape index (κ2) is 6.95. The molecule has 0 saturated heterocycles. The third-order valence-corrected chi connectivity index (χ3v) is 3.76. The molecule has 2 rings (SSSR count). The summed E-state index contributed by atoms with van der Waals surface area (Å²) in [7, 11) is 0. The number of aliphatic hydroxyl groups excluding tert-OH is 1. The van der Waals surface area contributed by atoms with E-state index in [0.29, 0.717) is 18.4 Å². The number of benzene rings is 2. The first-order valence-electron chi connectivity index (χ1n) is 6.38. The van der Waals surface area contributed by atoms with E-state index in [1.807, 2.05) is 24.3 Å². The van der Waals surface area contributed by atoms with Crippen molar-refractivity contribution in [3.63, 3.8) is 0 Å². The summed E-state index contributed by atoms with van der Waals surface area (Å²) >= 11 is 3.36. The van der Waals surface area contributed by atoms with Crippen molar-refractivity contribution in [1.29, 1.82) is 0 Å². The van der Waals surface area contributed by atoms with Crippen molar-refractivity contribution in [3.8, 4) is 0 Å². The first-order valence-corrected chi connectivity index (χ1v) is 7.17. The van der Waals surface area contributed by atoms with Gasteiger partial charge in [0.25, 0.3) is 0 Å². The number of rotatable bonds is 5. The van der Waals surface area contributed by atoms with Gasteiger partial charge in [-0.15, -0.1) is 0 Å². The standard InChI is InChI=1S/C16H15BrF2O/c17-14-6-4-11(5-7-14)8-12(10-20)9-13-2-1-3-15(18)16(13)19/h1-7,12,20H,8-10H2. The van der Waals surface area contributed by atoms with Gasteiger partial charge in [0.15, 0.2) is 11.6 Å². The Kier molecular flexibility index (Phi) is 5.26. The molecule has 0 heterocycles. The zero-order valence-electron chi connectivity index (χ0n) is 10.8. The molecule has 106 valence electrons. The summed E-state index contributed by atoms with van der Waals surface area (Å²) in [6.07, 6.45) is 0.940. The SMILES string of the molecule is OCC(Cc1ccc(Br)cc1)Cc1cccc(F)c1F. The minimum atomic E-state index is -0.845. The molecule has 20 heavy (non-hydrogen) atoms. The summed E-state index contributed by atoms with van der Waals surface area (Å²) in [5, 5.41) is 9.44. The van der Waals surface area contributed by atoms with E-state index in [1.165, 1.54) is 6.07 Å². The maximum absolute atomic E-state index is 13.6. The Labute approximate surface area is 125 Å². The molecule has 0 saturated carbocycles. The maximum Gasteiger partial charge on any atom is 0.162 e. The van der Waals surface area contributed by atoms with Crippen molar-refractivity contribution in [2.45, 2.75) is 12.8 Å². The lowest BCUT2D eigenvalue weighted by Crippen LogP contribution is -2.14. The lowest BCUT2D eigenvalue weighted by atomic mass is 9.93. The van der Waals surface area contributed by atoms with Crippen LogP contribution in [0.2, 0.25) is 0 Å². The van der Waals surface area contributed by atoms with Crippen molar-refractivity contribution in [3.05, 3.63) is 69.7 Å². The highest BCUT2D eigenvalue weighted by Gasteiger charge is 2.14. The summed E-state index contributed by atoms with van der Waals surface area (Å²) in [6.45, 7) is -0.0635. The molecular formula is C16H15BrF2O. The summed E-state index contributed by atoms with van der Waals surface area (Å²) in [6, 6.07) is 11.9. The Morgan fingerprint density at radius 1 is 1.00 bits per heavy atom. The molecule has 2 aromatic carbocycles. The fraction of sp³-hybridized carbons (Fsp3) is 0.250. The van der Waals surface area contributed by atoms with Crippen LogP contribution in [0.1, 0.15) is 11.1 Å². The molecule has 0 bridgehead atoms. The molecule has 0 amide bonds. The molecule has 0 aromatic heterocycles. The monoisotopic (exact) mass is 340 g/mol. The van der Waals surface area contributed by atoms with Crippen LogP contribution in [0.4, 0.5) is 8.78 Å². The third kappa shape index (κ3) is 3.87. The smallest absolute Gasteiger partial charge is 0.162 e. The van der Waals surface area contributed by atoms with Crippen molar-refractivity contribution < 1.29 is 13.9 Å². The van der Waals surface area contributed by atoms with Crippen LogP contribution >= 0.6 is 15.9 Å². The van der Waals surface area contributed by atoms with E-state index in [9.17, 15) is 13.9 Å². The topological polar surface area (TPSA) is 20.2 Å².